The van der Waals surface area contributed by atoms with Crippen LogP contribution >= 0.6 is 0 Å². The monoisotopic (exact) mass is 549 g/mol. The summed E-state index contributed by atoms with van der Waals surface area (Å²) in [7, 11) is 1.51. The van der Waals surface area contributed by atoms with Crippen molar-refractivity contribution in [1.82, 2.24) is 4.98 Å². The summed E-state index contributed by atoms with van der Waals surface area (Å²) in [6.45, 7) is 4.72. The van der Waals surface area contributed by atoms with Crippen LogP contribution in [-0.4, -0.2) is 23.2 Å². The molecule has 1 aromatic heterocycles. The minimum absolute atomic E-state index is 0.0300. The lowest BCUT2D eigenvalue weighted by Crippen LogP contribution is -2.17. The number of hydrogen-bond acceptors (Lipinski definition) is 4. The fourth-order valence-electron chi connectivity index (χ4n) is 6.25. The highest BCUT2D eigenvalue weighted by atomic mass is 19.1. The lowest BCUT2D eigenvalue weighted by atomic mass is 9.75. The molecule has 2 saturated carbocycles. The zero-order chi connectivity index (χ0) is 28.4. The van der Waals surface area contributed by atoms with Crippen LogP contribution in [0.25, 0.3) is 11.1 Å². The van der Waals surface area contributed by atoms with Gasteiger partial charge in [0.25, 0.3) is 0 Å². The number of carboxylic acids is 1. The van der Waals surface area contributed by atoms with Crippen molar-refractivity contribution < 1.29 is 28.2 Å². The van der Waals surface area contributed by atoms with Gasteiger partial charge in [0.05, 0.1) is 19.7 Å². The van der Waals surface area contributed by atoms with Crippen LogP contribution in [0.4, 0.5) is 8.78 Å². The Morgan fingerprint density at radius 1 is 1.10 bits per heavy atom. The summed E-state index contributed by atoms with van der Waals surface area (Å²) >= 11 is 0. The Morgan fingerprint density at radius 3 is 2.58 bits per heavy atom. The van der Waals surface area contributed by atoms with Gasteiger partial charge in [0.2, 0.25) is 5.88 Å². The van der Waals surface area contributed by atoms with E-state index < -0.39 is 17.6 Å². The smallest absolute Gasteiger partial charge is 0.303 e. The van der Waals surface area contributed by atoms with E-state index in [1.165, 1.54) is 25.4 Å². The van der Waals surface area contributed by atoms with Crippen LogP contribution < -0.4 is 9.47 Å². The number of nitrogens with zero attached hydrogens (tertiary/aromatic N) is 1. The molecule has 5 rings (SSSR count). The Hall–Kier alpha value is -3.48. The Kier molecular flexibility index (Phi) is 8.11. The number of methoxy groups -OCH3 is 1. The fourth-order valence-corrected chi connectivity index (χ4v) is 6.25. The van der Waals surface area contributed by atoms with Gasteiger partial charge in [-0.1, -0.05) is 51.3 Å². The number of pyridine rings is 1. The lowest BCUT2D eigenvalue weighted by Gasteiger charge is -2.30. The highest BCUT2D eigenvalue weighted by Crippen LogP contribution is 2.51. The van der Waals surface area contributed by atoms with E-state index in [-0.39, 0.29) is 30.3 Å². The molecule has 0 aliphatic heterocycles. The molecule has 5 nitrogen and oxygen atoms in total. The number of halogens is 2. The molecule has 1 heterocycles. The molecular weight excluding hydrogens is 512 g/mol. The lowest BCUT2D eigenvalue weighted by molar-refractivity contribution is -0.137. The SMILES string of the molecule is COc1cc(-c2ccc(COc3cc(F)cc([C@H](CC(=O)O)CC4CC4)c3)cc2[C@@H]2CCCC2(C)C)c(F)cn1. The highest BCUT2D eigenvalue weighted by molar-refractivity contribution is 5.70. The van der Waals surface area contributed by atoms with E-state index in [4.69, 9.17) is 9.47 Å². The van der Waals surface area contributed by atoms with Gasteiger partial charge in [-0.25, -0.2) is 13.8 Å². The van der Waals surface area contributed by atoms with Gasteiger partial charge in [-0.05, 0) is 76.8 Å². The molecule has 1 N–H and O–H groups in total. The van der Waals surface area contributed by atoms with Crippen LogP contribution in [0.2, 0.25) is 0 Å². The maximum absolute atomic E-state index is 15.0. The standard InChI is InChI=1S/C33H37F2NO4/c1-33(2)10-4-5-29(33)27-12-21(8-9-26(27)28-17-31(39-3)36-18-30(28)35)19-40-25-14-23(13-24(34)16-25)22(15-32(37)38)11-20-6-7-20/h8-9,12-14,16-18,20,22,29H,4-7,10-11,15,19H2,1-3H3,(H,37,38)/t22-,29-/m0/s1. The number of aliphatic carboxylic acids is 1. The second kappa shape index (κ2) is 11.6. The van der Waals surface area contributed by atoms with Crippen molar-refractivity contribution in [3.8, 4) is 22.8 Å². The van der Waals surface area contributed by atoms with Crippen LogP contribution in [0.15, 0.2) is 48.7 Å². The minimum atomic E-state index is -0.886. The van der Waals surface area contributed by atoms with E-state index in [0.717, 1.165) is 55.2 Å². The predicted molar refractivity (Wildman–Crippen MR) is 150 cm³/mol. The third-order valence-corrected chi connectivity index (χ3v) is 8.58. The summed E-state index contributed by atoms with van der Waals surface area (Å²) in [5.41, 5.74) is 3.93. The second-order valence-electron chi connectivity index (χ2n) is 12.0. The van der Waals surface area contributed by atoms with Crippen molar-refractivity contribution >= 4 is 5.97 Å². The second-order valence-corrected chi connectivity index (χ2v) is 12.0. The van der Waals surface area contributed by atoms with E-state index in [2.05, 4.69) is 24.9 Å². The third-order valence-electron chi connectivity index (χ3n) is 8.58. The van der Waals surface area contributed by atoms with Crippen LogP contribution in [-0.2, 0) is 11.4 Å². The highest BCUT2D eigenvalue weighted by Gasteiger charge is 2.37. The third kappa shape index (κ3) is 6.45. The molecule has 2 fully saturated rings. The molecule has 0 amide bonds. The molecule has 0 spiro atoms. The van der Waals surface area contributed by atoms with Crippen LogP contribution in [0.3, 0.4) is 0 Å². The van der Waals surface area contributed by atoms with Crippen molar-refractivity contribution in [3.63, 3.8) is 0 Å². The average molecular weight is 550 g/mol. The van der Waals surface area contributed by atoms with Crippen molar-refractivity contribution in [2.75, 3.05) is 7.11 Å². The molecule has 2 aliphatic carbocycles. The van der Waals surface area contributed by atoms with Crippen molar-refractivity contribution in [2.24, 2.45) is 11.3 Å². The first kappa shape index (κ1) is 28.1. The van der Waals surface area contributed by atoms with Crippen molar-refractivity contribution in [3.05, 3.63) is 77.0 Å². The molecule has 3 aromatic rings. The van der Waals surface area contributed by atoms with Gasteiger partial charge in [-0.2, -0.15) is 0 Å². The first-order valence-corrected chi connectivity index (χ1v) is 14.1. The van der Waals surface area contributed by atoms with Crippen LogP contribution in [0.5, 0.6) is 11.6 Å². The molecule has 2 atom stereocenters. The number of rotatable bonds is 11. The van der Waals surface area contributed by atoms with Gasteiger partial charge in [-0.15, -0.1) is 0 Å². The number of benzene rings is 2. The van der Waals surface area contributed by atoms with Gasteiger partial charge in [0, 0.05) is 17.7 Å². The Balaban J connectivity index is 1.44. The van der Waals surface area contributed by atoms with Crippen LogP contribution in [0, 0.1) is 23.0 Å². The Labute approximate surface area is 234 Å². The molecule has 0 saturated heterocycles. The first-order chi connectivity index (χ1) is 19.1. The number of carboxylic acid groups (broad SMARTS) is 1. The quantitative estimate of drug-likeness (QED) is 0.261. The number of hydrogen-bond donors (Lipinski definition) is 1. The normalized spacial score (nSPS) is 18.9. The molecule has 40 heavy (non-hydrogen) atoms. The molecule has 212 valence electrons. The first-order valence-electron chi connectivity index (χ1n) is 14.1. The maximum atomic E-state index is 15.0. The van der Waals surface area contributed by atoms with E-state index in [1.807, 2.05) is 12.1 Å². The number of ether oxygens (including phenoxy) is 2. The van der Waals surface area contributed by atoms with Gasteiger partial charge >= 0.3 is 5.97 Å². The molecular formula is C33H37F2NO4. The molecule has 0 bridgehead atoms. The largest absolute Gasteiger partial charge is 0.489 e. The summed E-state index contributed by atoms with van der Waals surface area (Å²) in [6.07, 6.45) is 7.30. The molecule has 2 aromatic carbocycles. The number of carbonyl (C=O) groups is 1. The van der Waals surface area contributed by atoms with E-state index in [0.29, 0.717) is 28.7 Å². The predicted octanol–water partition coefficient (Wildman–Crippen LogP) is 8.27. The van der Waals surface area contributed by atoms with Gasteiger partial charge < -0.3 is 14.6 Å². The molecule has 0 radical (unpaired) electrons. The van der Waals surface area contributed by atoms with Gasteiger partial charge in [-0.3, -0.25) is 4.79 Å². The van der Waals surface area contributed by atoms with Crippen molar-refractivity contribution in [2.45, 2.75) is 77.2 Å². The zero-order valence-electron chi connectivity index (χ0n) is 23.4. The van der Waals surface area contributed by atoms with Gasteiger partial charge in [0.1, 0.15) is 24.0 Å². The summed E-state index contributed by atoms with van der Waals surface area (Å²) in [5, 5.41) is 9.41. The summed E-state index contributed by atoms with van der Waals surface area (Å²) in [6, 6.07) is 12.1. The summed E-state index contributed by atoms with van der Waals surface area (Å²) < 4.78 is 41.0. The van der Waals surface area contributed by atoms with E-state index >= 15 is 4.39 Å². The summed E-state index contributed by atoms with van der Waals surface area (Å²) in [5.74, 6) is -0.502. The molecule has 2 aliphatic rings. The van der Waals surface area contributed by atoms with Gasteiger partial charge in [0.15, 0.2) is 0 Å². The van der Waals surface area contributed by atoms with E-state index in [9.17, 15) is 14.3 Å². The number of aromatic nitrogens is 1. The Bertz CT molecular complexity index is 1380. The fraction of sp³-hybridized carbons (Fsp3) is 0.455. The van der Waals surface area contributed by atoms with E-state index in [1.54, 1.807) is 12.1 Å². The van der Waals surface area contributed by atoms with Crippen molar-refractivity contribution in [1.29, 1.82) is 0 Å². The minimum Gasteiger partial charge on any atom is -0.489 e. The Morgan fingerprint density at radius 2 is 1.90 bits per heavy atom. The van der Waals surface area contributed by atoms with Crippen LogP contribution in [0.1, 0.15) is 87.3 Å². The molecule has 7 heteroatoms. The maximum Gasteiger partial charge on any atom is 0.303 e. The zero-order valence-corrected chi connectivity index (χ0v) is 23.4. The topological polar surface area (TPSA) is 68.7 Å². The summed E-state index contributed by atoms with van der Waals surface area (Å²) in [4.78, 5) is 15.5. The molecule has 0 unspecified atom stereocenters. The average Bonchev–Trinajstić information content (AvgIpc) is 3.66.